The van der Waals surface area contributed by atoms with Crippen molar-refractivity contribution in [1.82, 2.24) is 19.7 Å². The van der Waals surface area contributed by atoms with Gasteiger partial charge in [0, 0.05) is 23.7 Å². The molecule has 1 saturated heterocycles. The van der Waals surface area contributed by atoms with Crippen LogP contribution in [0.15, 0.2) is 66.3 Å². The second kappa shape index (κ2) is 11.1. The first-order valence-corrected chi connectivity index (χ1v) is 12.5. The highest BCUT2D eigenvalue weighted by molar-refractivity contribution is 7.99. The van der Waals surface area contributed by atoms with Crippen molar-refractivity contribution in [3.63, 3.8) is 0 Å². The molecule has 1 unspecified atom stereocenters. The number of amides is 2. The van der Waals surface area contributed by atoms with E-state index in [2.05, 4.69) is 22.1 Å². The fourth-order valence-corrected chi connectivity index (χ4v) is 4.93. The second-order valence-corrected chi connectivity index (χ2v) is 9.51. The van der Waals surface area contributed by atoms with Crippen molar-refractivity contribution in [2.24, 2.45) is 0 Å². The van der Waals surface area contributed by atoms with Gasteiger partial charge in [-0.05, 0) is 49.2 Å². The summed E-state index contributed by atoms with van der Waals surface area (Å²) in [5.41, 5.74) is 1.14. The number of allylic oxidation sites excluding steroid dienone is 1. The van der Waals surface area contributed by atoms with E-state index >= 15 is 0 Å². The van der Waals surface area contributed by atoms with Crippen molar-refractivity contribution in [3.05, 3.63) is 82.6 Å². The molecule has 2 aromatic carbocycles. The standard InChI is InChI=1S/C24H23Cl2N5O2S/c1-2-13-31-22(20-8-5-14-30(20)23(33)16-9-11-17(25)12-10-16)28-29-24(31)34-15-21(32)27-19-7-4-3-6-18(19)26/h2-4,6-7,9-12,20H,1,5,8,13-15H2,(H,27,32). The van der Waals surface area contributed by atoms with Crippen LogP contribution in [0.4, 0.5) is 5.69 Å². The molecule has 0 bridgehead atoms. The van der Waals surface area contributed by atoms with E-state index in [1.54, 1.807) is 54.6 Å². The van der Waals surface area contributed by atoms with Crippen molar-refractivity contribution >= 4 is 52.5 Å². The van der Waals surface area contributed by atoms with E-state index in [0.717, 1.165) is 12.8 Å². The van der Waals surface area contributed by atoms with Crippen LogP contribution in [0.2, 0.25) is 10.0 Å². The summed E-state index contributed by atoms with van der Waals surface area (Å²) >= 11 is 13.4. The van der Waals surface area contributed by atoms with Crippen LogP contribution in [0.5, 0.6) is 0 Å². The maximum absolute atomic E-state index is 13.2. The van der Waals surface area contributed by atoms with Crippen LogP contribution in [-0.2, 0) is 11.3 Å². The van der Waals surface area contributed by atoms with Crippen LogP contribution in [0, 0.1) is 0 Å². The molecule has 4 rings (SSSR count). The van der Waals surface area contributed by atoms with Crippen LogP contribution < -0.4 is 5.32 Å². The third kappa shape index (κ3) is 5.46. The highest BCUT2D eigenvalue weighted by atomic mass is 35.5. The number of para-hydroxylation sites is 1. The van der Waals surface area contributed by atoms with Crippen LogP contribution >= 0.6 is 35.0 Å². The monoisotopic (exact) mass is 515 g/mol. The van der Waals surface area contributed by atoms with Gasteiger partial charge in [-0.15, -0.1) is 16.8 Å². The molecule has 34 heavy (non-hydrogen) atoms. The number of carbonyl (C=O) groups excluding carboxylic acids is 2. The number of nitrogens with zero attached hydrogens (tertiary/aromatic N) is 4. The Balaban J connectivity index is 1.49. The molecule has 1 N–H and O–H groups in total. The molecule has 1 fully saturated rings. The van der Waals surface area contributed by atoms with Gasteiger partial charge in [-0.2, -0.15) is 0 Å². The van der Waals surface area contributed by atoms with E-state index in [9.17, 15) is 9.59 Å². The van der Waals surface area contributed by atoms with E-state index in [0.29, 0.717) is 45.4 Å². The summed E-state index contributed by atoms with van der Waals surface area (Å²) in [6.07, 6.45) is 3.40. The lowest BCUT2D eigenvalue weighted by Gasteiger charge is -2.24. The molecular formula is C24H23Cl2N5O2S. The molecule has 0 aliphatic carbocycles. The zero-order chi connectivity index (χ0) is 24.1. The lowest BCUT2D eigenvalue weighted by molar-refractivity contribution is -0.113. The average Bonchev–Trinajstić information content (AvgIpc) is 3.46. The Morgan fingerprint density at radius 2 is 1.91 bits per heavy atom. The number of hydrogen-bond acceptors (Lipinski definition) is 5. The Labute approximate surface area is 212 Å². The minimum atomic E-state index is -0.207. The molecular weight excluding hydrogens is 493 g/mol. The molecule has 176 valence electrons. The number of aromatic nitrogens is 3. The van der Waals surface area contributed by atoms with Gasteiger partial charge in [0.05, 0.1) is 22.5 Å². The molecule has 0 spiro atoms. The molecule has 0 radical (unpaired) electrons. The first-order valence-electron chi connectivity index (χ1n) is 10.8. The van der Waals surface area contributed by atoms with Crippen molar-refractivity contribution in [2.45, 2.75) is 30.6 Å². The second-order valence-electron chi connectivity index (χ2n) is 7.72. The summed E-state index contributed by atoms with van der Waals surface area (Å²) in [5, 5.41) is 13.2. The molecule has 7 nitrogen and oxygen atoms in total. The van der Waals surface area contributed by atoms with Gasteiger partial charge >= 0.3 is 0 Å². The van der Waals surface area contributed by atoms with Gasteiger partial charge in [0.15, 0.2) is 11.0 Å². The minimum absolute atomic E-state index is 0.0689. The number of benzene rings is 2. The summed E-state index contributed by atoms with van der Waals surface area (Å²) in [4.78, 5) is 27.5. The van der Waals surface area contributed by atoms with Crippen molar-refractivity contribution in [1.29, 1.82) is 0 Å². The van der Waals surface area contributed by atoms with Gasteiger partial charge < -0.3 is 14.8 Å². The van der Waals surface area contributed by atoms with Gasteiger partial charge in [0.2, 0.25) is 5.91 Å². The molecule has 1 atom stereocenters. The van der Waals surface area contributed by atoms with E-state index in [1.807, 2.05) is 9.47 Å². The quantitative estimate of drug-likeness (QED) is 0.317. The lowest BCUT2D eigenvalue weighted by Crippen LogP contribution is -2.32. The molecule has 1 aliphatic heterocycles. The maximum atomic E-state index is 13.2. The molecule has 10 heteroatoms. The Morgan fingerprint density at radius 1 is 1.15 bits per heavy atom. The number of rotatable bonds is 8. The molecule has 0 saturated carbocycles. The van der Waals surface area contributed by atoms with Crippen molar-refractivity contribution < 1.29 is 9.59 Å². The highest BCUT2D eigenvalue weighted by Crippen LogP contribution is 2.34. The Kier molecular flexibility index (Phi) is 7.92. The van der Waals surface area contributed by atoms with Gasteiger partial charge in [-0.25, -0.2) is 0 Å². The normalized spacial score (nSPS) is 15.4. The van der Waals surface area contributed by atoms with Crippen molar-refractivity contribution in [2.75, 3.05) is 17.6 Å². The van der Waals surface area contributed by atoms with E-state index < -0.39 is 0 Å². The summed E-state index contributed by atoms with van der Waals surface area (Å²) < 4.78 is 1.92. The predicted molar refractivity (Wildman–Crippen MR) is 135 cm³/mol. The number of halogens is 2. The Hall–Kier alpha value is -2.81. The molecule has 3 aromatic rings. The summed E-state index contributed by atoms with van der Waals surface area (Å²) in [6.45, 7) is 4.95. The van der Waals surface area contributed by atoms with E-state index in [-0.39, 0.29) is 23.6 Å². The number of likely N-dealkylation sites (tertiary alicyclic amines) is 1. The SMILES string of the molecule is C=CCn1c(SCC(=O)Nc2ccccc2Cl)nnc1C1CCCN1C(=O)c1ccc(Cl)cc1. The zero-order valence-corrected chi connectivity index (χ0v) is 20.6. The smallest absolute Gasteiger partial charge is 0.254 e. The Bertz CT molecular complexity index is 1200. The Morgan fingerprint density at radius 3 is 2.65 bits per heavy atom. The fourth-order valence-electron chi connectivity index (χ4n) is 3.87. The van der Waals surface area contributed by atoms with E-state index in [4.69, 9.17) is 23.2 Å². The topological polar surface area (TPSA) is 80.1 Å². The molecule has 2 heterocycles. The van der Waals surface area contributed by atoms with Gasteiger partial charge in [-0.3, -0.25) is 9.59 Å². The largest absolute Gasteiger partial charge is 0.328 e. The summed E-state index contributed by atoms with van der Waals surface area (Å²) in [7, 11) is 0. The maximum Gasteiger partial charge on any atom is 0.254 e. The zero-order valence-electron chi connectivity index (χ0n) is 18.3. The lowest BCUT2D eigenvalue weighted by atomic mass is 10.1. The highest BCUT2D eigenvalue weighted by Gasteiger charge is 2.34. The number of nitrogens with one attached hydrogen (secondary N) is 1. The van der Waals surface area contributed by atoms with Gasteiger partial charge in [-0.1, -0.05) is 53.2 Å². The molecule has 2 amide bonds. The van der Waals surface area contributed by atoms with Crippen LogP contribution in [0.1, 0.15) is 35.1 Å². The third-order valence-corrected chi connectivity index (χ3v) is 6.99. The van der Waals surface area contributed by atoms with E-state index in [1.165, 1.54) is 11.8 Å². The van der Waals surface area contributed by atoms with Crippen LogP contribution in [0.25, 0.3) is 0 Å². The number of anilines is 1. The summed E-state index contributed by atoms with van der Waals surface area (Å²) in [6, 6.07) is 13.7. The van der Waals surface area contributed by atoms with Gasteiger partial charge in [0.25, 0.3) is 5.91 Å². The van der Waals surface area contributed by atoms with Crippen LogP contribution in [-0.4, -0.2) is 43.8 Å². The summed E-state index contributed by atoms with van der Waals surface area (Å²) in [5.74, 6) is 0.557. The first kappa shape index (κ1) is 24.3. The third-order valence-electron chi connectivity index (χ3n) is 5.44. The first-order chi connectivity index (χ1) is 16.5. The fraction of sp³-hybridized carbons (Fsp3) is 0.250. The van der Waals surface area contributed by atoms with Crippen LogP contribution in [0.3, 0.4) is 0 Å². The number of carbonyl (C=O) groups is 2. The minimum Gasteiger partial charge on any atom is -0.328 e. The molecule has 1 aliphatic rings. The van der Waals surface area contributed by atoms with Crippen molar-refractivity contribution in [3.8, 4) is 0 Å². The molecule has 1 aromatic heterocycles. The average molecular weight is 516 g/mol. The number of thioether (sulfide) groups is 1. The predicted octanol–water partition coefficient (Wildman–Crippen LogP) is 5.48. The number of hydrogen-bond donors (Lipinski definition) is 1. The van der Waals surface area contributed by atoms with Gasteiger partial charge in [0.1, 0.15) is 0 Å².